The third kappa shape index (κ3) is 2.74. The normalized spacial score (nSPS) is 11.3. The number of carboxylic acid groups (broad SMARTS) is 1. The highest BCUT2D eigenvalue weighted by Crippen LogP contribution is 2.36. The largest absolute Gasteiger partial charge is 0.478 e. The molecule has 20 heavy (non-hydrogen) atoms. The molecule has 0 bridgehead atoms. The van der Waals surface area contributed by atoms with Crippen LogP contribution in [-0.2, 0) is 6.18 Å². The maximum atomic E-state index is 12.8. The number of carboxylic acids is 1. The standard InChI is InChI=1S/C14H10F3NO2/c15-14(16,17)11-7-10(5-6-12(11)18)8-1-3-9(4-2-8)13(19)20/h1-7H,18H2,(H,19,20). The van der Waals surface area contributed by atoms with Gasteiger partial charge in [-0.2, -0.15) is 13.2 Å². The molecular weight excluding hydrogens is 271 g/mol. The Hall–Kier alpha value is -2.50. The van der Waals surface area contributed by atoms with Gasteiger partial charge in [0.1, 0.15) is 0 Å². The minimum atomic E-state index is -4.53. The maximum Gasteiger partial charge on any atom is 0.418 e. The highest BCUT2D eigenvalue weighted by Gasteiger charge is 2.33. The number of alkyl halides is 3. The molecule has 0 spiro atoms. The number of aromatic carboxylic acids is 1. The minimum absolute atomic E-state index is 0.0697. The summed E-state index contributed by atoms with van der Waals surface area (Å²) in [5.41, 5.74) is 4.95. The molecule has 0 atom stereocenters. The Bertz CT molecular complexity index is 648. The summed E-state index contributed by atoms with van der Waals surface area (Å²) in [6.07, 6.45) is -4.53. The number of carbonyl (C=O) groups is 1. The van der Waals surface area contributed by atoms with Crippen molar-refractivity contribution in [1.82, 2.24) is 0 Å². The van der Waals surface area contributed by atoms with Gasteiger partial charge in [0.15, 0.2) is 0 Å². The molecule has 6 heteroatoms. The van der Waals surface area contributed by atoms with Crippen LogP contribution in [0.2, 0.25) is 0 Å². The van der Waals surface area contributed by atoms with Crippen molar-refractivity contribution in [2.75, 3.05) is 5.73 Å². The van der Waals surface area contributed by atoms with Crippen LogP contribution < -0.4 is 5.73 Å². The molecule has 0 aliphatic carbocycles. The lowest BCUT2D eigenvalue weighted by atomic mass is 10.0. The molecule has 0 aromatic heterocycles. The Balaban J connectivity index is 2.45. The molecule has 0 aliphatic rings. The average Bonchev–Trinajstić information content (AvgIpc) is 2.38. The zero-order valence-electron chi connectivity index (χ0n) is 10.1. The Morgan fingerprint density at radius 1 is 1.00 bits per heavy atom. The lowest BCUT2D eigenvalue weighted by Crippen LogP contribution is -2.08. The molecule has 0 saturated carbocycles. The Morgan fingerprint density at radius 3 is 2.05 bits per heavy atom. The summed E-state index contributed by atoms with van der Waals surface area (Å²) in [7, 11) is 0. The summed E-state index contributed by atoms with van der Waals surface area (Å²) < 4.78 is 38.3. The molecule has 3 N–H and O–H groups in total. The first-order valence-electron chi connectivity index (χ1n) is 5.59. The summed E-state index contributed by atoms with van der Waals surface area (Å²) in [6, 6.07) is 9.17. The van der Waals surface area contributed by atoms with E-state index < -0.39 is 17.7 Å². The molecule has 104 valence electrons. The summed E-state index contributed by atoms with van der Waals surface area (Å²) in [5.74, 6) is -1.09. The highest BCUT2D eigenvalue weighted by atomic mass is 19.4. The molecule has 0 saturated heterocycles. The third-order valence-corrected chi connectivity index (χ3v) is 2.82. The van der Waals surface area contributed by atoms with Gasteiger partial charge in [-0.15, -0.1) is 0 Å². The quantitative estimate of drug-likeness (QED) is 0.826. The van der Waals surface area contributed by atoms with Crippen LogP contribution in [-0.4, -0.2) is 11.1 Å². The van der Waals surface area contributed by atoms with Gasteiger partial charge in [-0.05, 0) is 35.4 Å². The topological polar surface area (TPSA) is 63.3 Å². The van der Waals surface area contributed by atoms with Gasteiger partial charge >= 0.3 is 12.1 Å². The molecular formula is C14H10F3NO2. The van der Waals surface area contributed by atoms with E-state index in [2.05, 4.69) is 0 Å². The van der Waals surface area contributed by atoms with Crippen LogP contribution in [0.5, 0.6) is 0 Å². The van der Waals surface area contributed by atoms with Crippen LogP contribution in [0.1, 0.15) is 15.9 Å². The van der Waals surface area contributed by atoms with Crippen LogP contribution in [0, 0.1) is 0 Å². The molecule has 3 nitrogen and oxygen atoms in total. The van der Waals surface area contributed by atoms with Gasteiger partial charge in [-0.25, -0.2) is 4.79 Å². The Morgan fingerprint density at radius 2 is 1.55 bits per heavy atom. The van der Waals surface area contributed by atoms with Crippen molar-refractivity contribution in [3.63, 3.8) is 0 Å². The number of halogens is 3. The molecule has 2 rings (SSSR count). The molecule has 0 unspecified atom stereocenters. The Kier molecular flexibility index (Phi) is 3.40. The number of nitrogen functional groups attached to an aromatic ring is 1. The predicted molar refractivity (Wildman–Crippen MR) is 68.3 cm³/mol. The van der Waals surface area contributed by atoms with Crippen molar-refractivity contribution < 1.29 is 23.1 Å². The number of hydrogen-bond acceptors (Lipinski definition) is 2. The summed E-state index contributed by atoms with van der Waals surface area (Å²) >= 11 is 0. The summed E-state index contributed by atoms with van der Waals surface area (Å²) in [6.45, 7) is 0. The van der Waals surface area contributed by atoms with Crippen LogP contribution in [0.25, 0.3) is 11.1 Å². The molecule has 2 aromatic rings. The second kappa shape index (κ2) is 4.88. The number of anilines is 1. The van der Waals surface area contributed by atoms with Gasteiger partial charge in [0.25, 0.3) is 0 Å². The summed E-state index contributed by atoms with van der Waals surface area (Å²) in [5, 5.41) is 8.77. The highest BCUT2D eigenvalue weighted by molar-refractivity contribution is 5.88. The molecule has 2 aromatic carbocycles. The van der Waals surface area contributed by atoms with Gasteiger partial charge in [0.05, 0.1) is 11.1 Å². The fraction of sp³-hybridized carbons (Fsp3) is 0.0714. The average molecular weight is 281 g/mol. The fourth-order valence-electron chi connectivity index (χ4n) is 1.79. The molecule has 0 aliphatic heterocycles. The van der Waals surface area contributed by atoms with E-state index in [9.17, 15) is 18.0 Å². The van der Waals surface area contributed by atoms with Crippen molar-refractivity contribution in [2.45, 2.75) is 6.18 Å². The van der Waals surface area contributed by atoms with E-state index in [1.165, 1.54) is 36.4 Å². The smallest absolute Gasteiger partial charge is 0.418 e. The van der Waals surface area contributed by atoms with Gasteiger partial charge in [0, 0.05) is 5.69 Å². The lowest BCUT2D eigenvalue weighted by molar-refractivity contribution is -0.136. The van der Waals surface area contributed by atoms with Crippen LogP contribution >= 0.6 is 0 Å². The van der Waals surface area contributed by atoms with E-state index in [0.29, 0.717) is 11.1 Å². The first-order valence-corrected chi connectivity index (χ1v) is 5.59. The second-order valence-electron chi connectivity index (χ2n) is 4.18. The van der Waals surface area contributed by atoms with E-state index in [1.54, 1.807) is 0 Å². The molecule has 0 fully saturated rings. The van der Waals surface area contributed by atoms with Crippen molar-refractivity contribution in [3.05, 3.63) is 53.6 Å². The molecule has 0 radical (unpaired) electrons. The third-order valence-electron chi connectivity index (χ3n) is 2.82. The summed E-state index contributed by atoms with van der Waals surface area (Å²) in [4.78, 5) is 10.7. The van der Waals surface area contributed by atoms with Crippen LogP contribution in [0.3, 0.4) is 0 Å². The minimum Gasteiger partial charge on any atom is -0.478 e. The number of nitrogens with two attached hydrogens (primary N) is 1. The zero-order valence-corrected chi connectivity index (χ0v) is 10.1. The molecule has 0 amide bonds. The van der Waals surface area contributed by atoms with Crippen LogP contribution in [0.15, 0.2) is 42.5 Å². The first kappa shape index (κ1) is 13.9. The van der Waals surface area contributed by atoms with Crippen LogP contribution in [0.4, 0.5) is 18.9 Å². The van der Waals surface area contributed by atoms with Crippen molar-refractivity contribution in [2.24, 2.45) is 0 Å². The second-order valence-corrected chi connectivity index (χ2v) is 4.18. The predicted octanol–water partition coefficient (Wildman–Crippen LogP) is 3.65. The van der Waals surface area contributed by atoms with E-state index in [4.69, 9.17) is 10.8 Å². The van der Waals surface area contributed by atoms with Gasteiger partial charge in [-0.1, -0.05) is 18.2 Å². The van der Waals surface area contributed by atoms with E-state index in [0.717, 1.165) is 6.07 Å². The van der Waals surface area contributed by atoms with E-state index in [-0.39, 0.29) is 11.3 Å². The van der Waals surface area contributed by atoms with Crippen molar-refractivity contribution >= 4 is 11.7 Å². The SMILES string of the molecule is Nc1ccc(-c2ccc(C(=O)O)cc2)cc1C(F)(F)F. The maximum absolute atomic E-state index is 12.8. The fourth-order valence-corrected chi connectivity index (χ4v) is 1.79. The van der Waals surface area contributed by atoms with Crippen molar-refractivity contribution in [1.29, 1.82) is 0 Å². The molecule has 0 heterocycles. The van der Waals surface area contributed by atoms with Crippen molar-refractivity contribution in [3.8, 4) is 11.1 Å². The van der Waals surface area contributed by atoms with Gasteiger partial charge < -0.3 is 10.8 Å². The first-order chi connectivity index (χ1) is 9.29. The number of rotatable bonds is 2. The van der Waals surface area contributed by atoms with E-state index >= 15 is 0 Å². The van der Waals surface area contributed by atoms with E-state index in [1.807, 2.05) is 0 Å². The number of hydrogen-bond donors (Lipinski definition) is 2. The monoisotopic (exact) mass is 281 g/mol. The number of benzene rings is 2. The Labute approximate surface area is 112 Å². The lowest BCUT2D eigenvalue weighted by Gasteiger charge is -2.12. The van der Waals surface area contributed by atoms with Gasteiger partial charge in [0.2, 0.25) is 0 Å². The van der Waals surface area contributed by atoms with Gasteiger partial charge in [-0.3, -0.25) is 0 Å². The zero-order chi connectivity index (χ0) is 14.9.